The molecule has 21 heavy (non-hydrogen) atoms. The van der Waals surface area contributed by atoms with Gasteiger partial charge in [0.2, 0.25) is 0 Å². The van der Waals surface area contributed by atoms with Crippen LogP contribution in [0.1, 0.15) is 29.6 Å². The van der Waals surface area contributed by atoms with Gasteiger partial charge in [-0.1, -0.05) is 0 Å². The van der Waals surface area contributed by atoms with E-state index in [1.54, 1.807) is 24.3 Å². The Kier molecular flexibility index (Phi) is 5.16. The number of amides is 1. The van der Waals surface area contributed by atoms with Crippen molar-refractivity contribution in [1.29, 1.82) is 0 Å². The fourth-order valence-corrected chi connectivity index (χ4v) is 2.47. The summed E-state index contributed by atoms with van der Waals surface area (Å²) in [4.78, 5) is 24.9. The molecular weight excluding hydrogens is 272 g/mol. The van der Waals surface area contributed by atoms with Crippen molar-refractivity contribution in [1.82, 2.24) is 4.90 Å². The molecule has 1 aromatic carbocycles. The van der Waals surface area contributed by atoms with E-state index in [1.165, 1.54) is 4.90 Å². The van der Waals surface area contributed by atoms with Gasteiger partial charge in [0, 0.05) is 30.9 Å². The zero-order valence-corrected chi connectivity index (χ0v) is 11.8. The first-order valence-corrected chi connectivity index (χ1v) is 7.12. The number of carbonyl (C=O) groups excluding carboxylic acids is 1. The number of hydrogen-bond donors (Lipinski definition) is 3. The fourth-order valence-electron chi connectivity index (χ4n) is 2.47. The third-order valence-electron chi connectivity index (χ3n) is 3.59. The molecule has 1 aromatic rings. The van der Waals surface area contributed by atoms with E-state index in [4.69, 9.17) is 10.2 Å². The lowest BCUT2D eigenvalue weighted by Crippen LogP contribution is -2.40. The van der Waals surface area contributed by atoms with E-state index in [-0.39, 0.29) is 12.5 Å². The molecule has 1 amide bonds. The number of carbonyl (C=O) groups is 2. The van der Waals surface area contributed by atoms with Crippen LogP contribution in [0, 0.1) is 0 Å². The molecule has 1 fully saturated rings. The van der Waals surface area contributed by atoms with E-state index in [0.29, 0.717) is 31.5 Å². The molecule has 0 radical (unpaired) electrons. The number of aliphatic carboxylic acids is 1. The first kappa shape index (κ1) is 15.3. The van der Waals surface area contributed by atoms with Crippen molar-refractivity contribution in [3.8, 4) is 0 Å². The Bertz CT molecular complexity index is 501. The predicted octanol–water partition coefficient (Wildman–Crippen LogP) is 1.17. The lowest BCUT2D eigenvalue weighted by atomic mass is 10.1. The average Bonchev–Trinajstić information content (AvgIpc) is 2.97. The summed E-state index contributed by atoms with van der Waals surface area (Å²) in [5.41, 5.74) is 1.37. The summed E-state index contributed by atoms with van der Waals surface area (Å²) in [6.45, 7) is 1.29. The van der Waals surface area contributed by atoms with E-state index in [9.17, 15) is 9.59 Å². The van der Waals surface area contributed by atoms with Gasteiger partial charge in [0.15, 0.2) is 0 Å². The number of nitrogens with zero attached hydrogens (tertiary/aromatic N) is 1. The van der Waals surface area contributed by atoms with Crippen LogP contribution in [-0.2, 0) is 4.79 Å². The summed E-state index contributed by atoms with van der Waals surface area (Å²) < 4.78 is 0. The summed E-state index contributed by atoms with van der Waals surface area (Å²) in [5.74, 6) is -1.18. The van der Waals surface area contributed by atoms with Crippen molar-refractivity contribution in [3.63, 3.8) is 0 Å². The molecule has 1 atom stereocenters. The molecule has 0 saturated carbocycles. The second kappa shape index (κ2) is 7.08. The quantitative estimate of drug-likeness (QED) is 0.685. The minimum absolute atomic E-state index is 0.134. The maximum atomic E-state index is 12.3. The minimum atomic E-state index is -0.942. The third kappa shape index (κ3) is 3.72. The number of aliphatic hydroxyl groups excluding tert-OH is 1. The maximum Gasteiger partial charge on any atom is 0.326 e. The van der Waals surface area contributed by atoms with Gasteiger partial charge in [0.05, 0.1) is 0 Å². The molecular formula is C15H20N2O4. The summed E-state index contributed by atoms with van der Waals surface area (Å²) in [5, 5.41) is 21.0. The Labute approximate surface area is 123 Å². The second-order valence-electron chi connectivity index (χ2n) is 5.08. The van der Waals surface area contributed by atoms with Crippen LogP contribution in [0.4, 0.5) is 5.69 Å². The standard InChI is InChI=1S/C15H20N2O4/c18-10-2-8-16-12-6-4-11(5-7-12)14(19)17-9-1-3-13(17)15(20)21/h4-7,13,16,18H,1-3,8-10H2,(H,20,21). The SMILES string of the molecule is O=C(O)C1CCCN1C(=O)c1ccc(NCCCO)cc1. The number of benzene rings is 1. The normalized spacial score (nSPS) is 17.8. The maximum absolute atomic E-state index is 12.3. The molecule has 1 aliphatic rings. The summed E-state index contributed by atoms with van der Waals surface area (Å²) in [7, 11) is 0. The van der Waals surface area contributed by atoms with Crippen molar-refractivity contribution >= 4 is 17.6 Å². The minimum Gasteiger partial charge on any atom is -0.480 e. The third-order valence-corrected chi connectivity index (χ3v) is 3.59. The Morgan fingerprint density at radius 1 is 1.29 bits per heavy atom. The van der Waals surface area contributed by atoms with E-state index in [0.717, 1.165) is 12.1 Å². The van der Waals surface area contributed by atoms with Gasteiger partial charge >= 0.3 is 5.97 Å². The molecule has 0 spiro atoms. The van der Waals surface area contributed by atoms with Gasteiger partial charge in [-0.05, 0) is 43.5 Å². The highest BCUT2D eigenvalue weighted by Crippen LogP contribution is 2.21. The molecule has 0 bridgehead atoms. The number of rotatable bonds is 6. The molecule has 3 N–H and O–H groups in total. The van der Waals surface area contributed by atoms with Crippen LogP contribution in [0.25, 0.3) is 0 Å². The number of nitrogens with one attached hydrogen (secondary N) is 1. The first-order valence-electron chi connectivity index (χ1n) is 7.12. The van der Waals surface area contributed by atoms with Gasteiger partial charge < -0.3 is 20.4 Å². The van der Waals surface area contributed by atoms with Crippen LogP contribution < -0.4 is 5.32 Å². The number of aliphatic hydroxyl groups is 1. The lowest BCUT2D eigenvalue weighted by molar-refractivity contribution is -0.141. The highest BCUT2D eigenvalue weighted by molar-refractivity contribution is 5.97. The van der Waals surface area contributed by atoms with E-state index in [2.05, 4.69) is 5.32 Å². The zero-order valence-electron chi connectivity index (χ0n) is 11.8. The van der Waals surface area contributed by atoms with Crippen LogP contribution in [0.5, 0.6) is 0 Å². The van der Waals surface area contributed by atoms with E-state index in [1.807, 2.05) is 0 Å². The molecule has 1 aliphatic heterocycles. The number of anilines is 1. The monoisotopic (exact) mass is 292 g/mol. The van der Waals surface area contributed by atoms with Crippen LogP contribution in [0.2, 0.25) is 0 Å². The molecule has 2 rings (SSSR count). The molecule has 0 aromatic heterocycles. The zero-order chi connectivity index (χ0) is 15.2. The summed E-state index contributed by atoms with van der Waals surface area (Å²) in [6.07, 6.45) is 1.90. The number of likely N-dealkylation sites (tertiary alicyclic amines) is 1. The Morgan fingerprint density at radius 2 is 2.00 bits per heavy atom. The van der Waals surface area contributed by atoms with Crippen LogP contribution in [0.3, 0.4) is 0 Å². The van der Waals surface area contributed by atoms with Crippen LogP contribution in [-0.4, -0.2) is 52.7 Å². The van der Waals surface area contributed by atoms with Crippen LogP contribution in [0.15, 0.2) is 24.3 Å². The highest BCUT2D eigenvalue weighted by Gasteiger charge is 2.34. The molecule has 6 heteroatoms. The first-order chi connectivity index (χ1) is 10.1. The molecule has 1 unspecified atom stereocenters. The number of hydrogen-bond acceptors (Lipinski definition) is 4. The van der Waals surface area contributed by atoms with Crippen molar-refractivity contribution in [2.45, 2.75) is 25.3 Å². The lowest BCUT2D eigenvalue weighted by Gasteiger charge is -2.21. The molecule has 6 nitrogen and oxygen atoms in total. The van der Waals surface area contributed by atoms with Crippen molar-refractivity contribution in [2.24, 2.45) is 0 Å². The molecule has 0 aliphatic carbocycles. The van der Waals surface area contributed by atoms with E-state index >= 15 is 0 Å². The van der Waals surface area contributed by atoms with Crippen LogP contribution >= 0.6 is 0 Å². The highest BCUT2D eigenvalue weighted by atomic mass is 16.4. The molecule has 114 valence electrons. The Hall–Kier alpha value is -2.08. The molecule has 1 saturated heterocycles. The number of carboxylic acid groups (broad SMARTS) is 1. The van der Waals surface area contributed by atoms with Gasteiger partial charge in [-0.15, -0.1) is 0 Å². The van der Waals surface area contributed by atoms with Gasteiger partial charge in [-0.3, -0.25) is 4.79 Å². The topological polar surface area (TPSA) is 89.9 Å². The van der Waals surface area contributed by atoms with Crippen molar-refractivity contribution < 1.29 is 19.8 Å². The molecule has 1 heterocycles. The predicted molar refractivity (Wildman–Crippen MR) is 78.3 cm³/mol. The Balaban J connectivity index is 2.01. The largest absolute Gasteiger partial charge is 0.480 e. The van der Waals surface area contributed by atoms with Gasteiger partial charge in [-0.2, -0.15) is 0 Å². The second-order valence-corrected chi connectivity index (χ2v) is 5.08. The smallest absolute Gasteiger partial charge is 0.326 e. The average molecular weight is 292 g/mol. The van der Waals surface area contributed by atoms with Gasteiger partial charge in [0.25, 0.3) is 5.91 Å². The summed E-state index contributed by atoms with van der Waals surface area (Å²) in [6, 6.07) is 6.26. The fraction of sp³-hybridized carbons (Fsp3) is 0.467. The summed E-state index contributed by atoms with van der Waals surface area (Å²) >= 11 is 0. The van der Waals surface area contributed by atoms with Gasteiger partial charge in [-0.25, -0.2) is 4.79 Å². The number of carboxylic acids is 1. The van der Waals surface area contributed by atoms with Gasteiger partial charge in [0.1, 0.15) is 6.04 Å². The van der Waals surface area contributed by atoms with Crippen molar-refractivity contribution in [3.05, 3.63) is 29.8 Å². The van der Waals surface area contributed by atoms with Crippen molar-refractivity contribution in [2.75, 3.05) is 25.0 Å². The Morgan fingerprint density at radius 3 is 2.62 bits per heavy atom. The van der Waals surface area contributed by atoms with E-state index < -0.39 is 12.0 Å².